The smallest absolute Gasteiger partial charge is 0.261 e. The van der Waals surface area contributed by atoms with Crippen LogP contribution in [0.5, 0.6) is 11.5 Å². The van der Waals surface area contributed by atoms with E-state index in [9.17, 15) is 22.0 Å². The van der Waals surface area contributed by atoms with Crippen LogP contribution in [0.2, 0.25) is 0 Å². The van der Waals surface area contributed by atoms with Gasteiger partial charge in [-0.1, -0.05) is 6.07 Å². The molecule has 4 rings (SSSR count). The number of nitrogens with one attached hydrogen (secondary N) is 2. The van der Waals surface area contributed by atoms with Crippen molar-refractivity contribution in [2.24, 2.45) is 0 Å². The molecule has 2 N–H and O–H groups in total. The van der Waals surface area contributed by atoms with Crippen molar-refractivity contribution in [3.05, 3.63) is 77.9 Å². The molecule has 0 aromatic heterocycles. The fourth-order valence-electron chi connectivity index (χ4n) is 2.76. The normalized spacial score (nSPS) is 12.5. The number of hydrogen-bond donors (Lipinski definition) is 2. The molecule has 0 radical (unpaired) electrons. The van der Waals surface area contributed by atoms with Gasteiger partial charge < -0.3 is 14.8 Å². The fraction of sp³-hybridized carbons (Fsp3) is 0.0500. The lowest BCUT2D eigenvalue weighted by molar-refractivity contribution is 0.102. The number of amides is 1. The molecule has 0 atom stereocenters. The molecular weight excluding hydrogens is 418 g/mol. The maximum Gasteiger partial charge on any atom is 0.261 e. The van der Waals surface area contributed by atoms with E-state index in [-0.39, 0.29) is 28.6 Å². The predicted octanol–water partition coefficient (Wildman–Crippen LogP) is 3.75. The Hall–Kier alpha value is -3.66. The maximum absolute atomic E-state index is 13.3. The van der Waals surface area contributed by atoms with Gasteiger partial charge in [-0.3, -0.25) is 9.52 Å². The molecule has 0 fully saturated rings. The van der Waals surface area contributed by atoms with Gasteiger partial charge in [-0.05, 0) is 42.5 Å². The van der Waals surface area contributed by atoms with Gasteiger partial charge in [0.2, 0.25) is 6.79 Å². The largest absolute Gasteiger partial charge is 0.454 e. The third-order valence-corrected chi connectivity index (χ3v) is 5.59. The van der Waals surface area contributed by atoms with E-state index in [0.717, 1.165) is 12.1 Å². The molecule has 10 heteroatoms. The van der Waals surface area contributed by atoms with Crippen LogP contribution in [0.3, 0.4) is 0 Å². The summed E-state index contributed by atoms with van der Waals surface area (Å²) in [5.74, 6) is -1.92. The monoisotopic (exact) mass is 432 g/mol. The molecule has 1 amide bonds. The Balaban J connectivity index is 1.54. The van der Waals surface area contributed by atoms with E-state index in [4.69, 9.17) is 9.47 Å². The second-order valence-electron chi connectivity index (χ2n) is 6.28. The number of benzene rings is 3. The number of anilines is 2. The van der Waals surface area contributed by atoms with Gasteiger partial charge in [0.15, 0.2) is 23.1 Å². The van der Waals surface area contributed by atoms with E-state index in [2.05, 4.69) is 10.0 Å². The molecule has 3 aromatic rings. The number of carbonyl (C=O) groups excluding carboxylic acids is 1. The van der Waals surface area contributed by atoms with Crippen LogP contribution in [-0.2, 0) is 10.0 Å². The molecule has 0 aliphatic carbocycles. The van der Waals surface area contributed by atoms with Gasteiger partial charge in [0.1, 0.15) is 0 Å². The van der Waals surface area contributed by atoms with Crippen molar-refractivity contribution in [3.63, 3.8) is 0 Å². The van der Waals surface area contributed by atoms with Crippen LogP contribution in [0.1, 0.15) is 10.4 Å². The number of fused-ring (bicyclic) bond motifs is 1. The minimum atomic E-state index is -4.01. The zero-order valence-electron chi connectivity index (χ0n) is 15.2. The molecule has 1 heterocycles. The van der Waals surface area contributed by atoms with Crippen LogP contribution < -0.4 is 19.5 Å². The summed E-state index contributed by atoms with van der Waals surface area (Å²) < 4.78 is 64.6. The molecule has 0 spiro atoms. The van der Waals surface area contributed by atoms with E-state index >= 15 is 0 Å². The van der Waals surface area contributed by atoms with Gasteiger partial charge in [0.05, 0.1) is 10.6 Å². The van der Waals surface area contributed by atoms with E-state index in [1.807, 2.05) is 0 Å². The van der Waals surface area contributed by atoms with Crippen LogP contribution >= 0.6 is 0 Å². The van der Waals surface area contributed by atoms with Crippen molar-refractivity contribution in [1.82, 2.24) is 0 Å². The first-order valence-corrected chi connectivity index (χ1v) is 10.1. The Kier molecular flexibility index (Phi) is 5.00. The van der Waals surface area contributed by atoms with Gasteiger partial charge in [-0.25, -0.2) is 17.2 Å². The van der Waals surface area contributed by atoms with Crippen LogP contribution in [0.4, 0.5) is 20.2 Å². The first-order chi connectivity index (χ1) is 14.3. The number of ether oxygens (including phenoxy) is 2. The zero-order chi connectivity index (χ0) is 21.3. The van der Waals surface area contributed by atoms with Crippen molar-refractivity contribution in [2.75, 3.05) is 16.8 Å². The summed E-state index contributed by atoms with van der Waals surface area (Å²) in [6.45, 7) is 0.0562. The van der Waals surface area contributed by atoms with Crippen LogP contribution in [0.25, 0.3) is 0 Å². The standard InChI is InChI=1S/C20H14F2N2O5S/c21-16-6-4-13(9-17(16)22)23-20(25)12-2-1-3-15(8-12)30(26,27)24-14-5-7-18-19(10-14)29-11-28-18/h1-10,24H,11H2,(H,23,25). The topological polar surface area (TPSA) is 93.7 Å². The van der Waals surface area contributed by atoms with Gasteiger partial charge in [0, 0.05) is 23.4 Å². The Morgan fingerprint density at radius 3 is 2.43 bits per heavy atom. The van der Waals surface area contributed by atoms with Crippen molar-refractivity contribution in [1.29, 1.82) is 0 Å². The number of rotatable bonds is 5. The first kappa shape index (κ1) is 19.6. The SMILES string of the molecule is O=C(Nc1ccc(F)c(F)c1)c1cccc(S(=O)(=O)Nc2ccc3c(c2)OCO3)c1. The molecule has 1 aliphatic rings. The number of halogens is 2. The fourth-order valence-corrected chi connectivity index (χ4v) is 3.85. The van der Waals surface area contributed by atoms with Gasteiger partial charge in [-0.2, -0.15) is 0 Å². The van der Waals surface area contributed by atoms with Crippen LogP contribution in [0, 0.1) is 11.6 Å². The van der Waals surface area contributed by atoms with E-state index < -0.39 is 27.6 Å². The second-order valence-corrected chi connectivity index (χ2v) is 7.97. The third-order valence-electron chi connectivity index (χ3n) is 4.21. The molecule has 0 bridgehead atoms. The summed E-state index contributed by atoms with van der Waals surface area (Å²) >= 11 is 0. The number of sulfonamides is 1. The average molecular weight is 432 g/mol. The molecule has 3 aromatic carbocycles. The Morgan fingerprint density at radius 2 is 1.63 bits per heavy atom. The molecule has 154 valence electrons. The van der Waals surface area contributed by atoms with Gasteiger partial charge >= 0.3 is 0 Å². The van der Waals surface area contributed by atoms with Crippen molar-refractivity contribution >= 4 is 27.3 Å². The molecule has 0 saturated heterocycles. The van der Waals surface area contributed by atoms with Crippen LogP contribution in [-0.4, -0.2) is 21.1 Å². The summed E-state index contributed by atoms with van der Waals surface area (Å²) in [6.07, 6.45) is 0. The number of hydrogen-bond acceptors (Lipinski definition) is 5. The van der Waals surface area contributed by atoms with Crippen LogP contribution in [0.15, 0.2) is 65.6 Å². The Bertz CT molecular complexity index is 1250. The van der Waals surface area contributed by atoms with Crippen molar-refractivity contribution in [2.45, 2.75) is 4.90 Å². The molecule has 30 heavy (non-hydrogen) atoms. The lowest BCUT2D eigenvalue weighted by atomic mass is 10.2. The highest BCUT2D eigenvalue weighted by molar-refractivity contribution is 7.92. The molecule has 1 aliphatic heterocycles. The average Bonchev–Trinajstić information content (AvgIpc) is 3.18. The third kappa shape index (κ3) is 4.03. The molecular formula is C20H14F2N2O5S. The Morgan fingerprint density at radius 1 is 0.867 bits per heavy atom. The number of carbonyl (C=O) groups is 1. The summed E-state index contributed by atoms with van der Waals surface area (Å²) in [7, 11) is -4.01. The predicted molar refractivity (Wildman–Crippen MR) is 104 cm³/mol. The van der Waals surface area contributed by atoms with Crippen molar-refractivity contribution in [3.8, 4) is 11.5 Å². The highest BCUT2D eigenvalue weighted by atomic mass is 32.2. The highest BCUT2D eigenvalue weighted by Crippen LogP contribution is 2.34. The zero-order valence-corrected chi connectivity index (χ0v) is 16.0. The second kappa shape index (κ2) is 7.64. The summed E-state index contributed by atoms with van der Waals surface area (Å²) in [4.78, 5) is 12.2. The maximum atomic E-state index is 13.3. The minimum Gasteiger partial charge on any atom is -0.454 e. The van der Waals surface area contributed by atoms with E-state index in [1.165, 1.54) is 42.5 Å². The highest BCUT2D eigenvalue weighted by Gasteiger charge is 2.19. The van der Waals surface area contributed by atoms with Gasteiger partial charge in [-0.15, -0.1) is 0 Å². The molecule has 7 nitrogen and oxygen atoms in total. The van der Waals surface area contributed by atoms with E-state index in [0.29, 0.717) is 11.5 Å². The summed E-state index contributed by atoms with van der Waals surface area (Å²) in [5, 5.41) is 2.39. The van der Waals surface area contributed by atoms with Gasteiger partial charge in [0.25, 0.3) is 15.9 Å². The minimum absolute atomic E-state index is 0.0216. The van der Waals surface area contributed by atoms with Crippen molar-refractivity contribution < 1.29 is 31.5 Å². The summed E-state index contributed by atoms with van der Waals surface area (Å²) in [5.41, 5.74) is 0.315. The molecule has 0 saturated carbocycles. The quantitative estimate of drug-likeness (QED) is 0.641. The Labute approximate surface area is 170 Å². The lowest BCUT2D eigenvalue weighted by Gasteiger charge is -2.10. The molecule has 0 unspecified atom stereocenters. The first-order valence-electron chi connectivity index (χ1n) is 8.61. The summed E-state index contributed by atoms with van der Waals surface area (Å²) in [6, 6.07) is 12.8. The van der Waals surface area contributed by atoms with E-state index in [1.54, 1.807) is 6.07 Å². The lowest BCUT2D eigenvalue weighted by Crippen LogP contribution is -2.16.